The minimum absolute atomic E-state index is 0.0247. The zero-order valence-electron chi connectivity index (χ0n) is 22.6. The number of hydrogen-bond acceptors (Lipinski definition) is 4. The number of para-hydroxylation sites is 2. The van der Waals surface area contributed by atoms with Crippen molar-refractivity contribution in [3.63, 3.8) is 0 Å². The first-order chi connectivity index (χ1) is 19.5. The highest BCUT2D eigenvalue weighted by Crippen LogP contribution is 2.20. The largest absolute Gasteiger partial charge is 0.369 e. The summed E-state index contributed by atoms with van der Waals surface area (Å²) in [5.41, 5.74) is 4.34. The van der Waals surface area contributed by atoms with Crippen LogP contribution >= 0.6 is 11.6 Å². The molecular weight excluding hydrogens is 522 g/mol. The van der Waals surface area contributed by atoms with E-state index in [0.717, 1.165) is 48.2 Å². The molecule has 1 fully saturated rings. The van der Waals surface area contributed by atoms with Crippen molar-refractivity contribution in [1.29, 1.82) is 0 Å². The van der Waals surface area contributed by atoms with Gasteiger partial charge in [0.05, 0.1) is 12.6 Å². The van der Waals surface area contributed by atoms with Gasteiger partial charge >= 0.3 is 0 Å². The molecule has 0 radical (unpaired) electrons. The molecule has 1 saturated heterocycles. The lowest BCUT2D eigenvalue weighted by Crippen LogP contribution is -2.52. The van der Waals surface area contributed by atoms with E-state index in [0.29, 0.717) is 37.4 Å². The Labute approximate surface area is 240 Å². The number of nitrogens with one attached hydrogen (secondary N) is 3. The van der Waals surface area contributed by atoms with Gasteiger partial charge in [0.15, 0.2) is 0 Å². The Morgan fingerprint density at radius 1 is 0.850 bits per heavy atom. The van der Waals surface area contributed by atoms with Crippen molar-refractivity contribution in [2.24, 2.45) is 0 Å². The fourth-order valence-corrected chi connectivity index (χ4v) is 5.52. The first kappa shape index (κ1) is 27.7. The van der Waals surface area contributed by atoms with Crippen LogP contribution in [0.4, 0.5) is 5.69 Å². The van der Waals surface area contributed by atoms with Crippen LogP contribution in [0.5, 0.6) is 0 Å². The van der Waals surface area contributed by atoms with Gasteiger partial charge in [-0.3, -0.25) is 14.5 Å². The van der Waals surface area contributed by atoms with Gasteiger partial charge in [0, 0.05) is 67.0 Å². The maximum Gasteiger partial charge on any atom is 0.234 e. The van der Waals surface area contributed by atoms with Crippen molar-refractivity contribution >= 4 is 40.0 Å². The minimum Gasteiger partial charge on any atom is -0.369 e. The fraction of sp³-hybridized carbons (Fsp3) is 0.312. The summed E-state index contributed by atoms with van der Waals surface area (Å²) >= 11 is 6.25. The van der Waals surface area contributed by atoms with Crippen molar-refractivity contribution in [3.8, 4) is 0 Å². The molecule has 208 valence electrons. The number of carbonyl (C=O) groups excluding carboxylic acids is 2. The number of anilines is 1. The second-order valence-electron chi connectivity index (χ2n) is 10.3. The molecule has 4 aromatic rings. The van der Waals surface area contributed by atoms with Crippen LogP contribution in [0.3, 0.4) is 0 Å². The Morgan fingerprint density at radius 2 is 1.57 bits per heavy atom. The highest BCUT2D eigenvalue weighted by molar-refractivity contribution is 6.31. The number of H-pyrrole nitrogens is 1. The number of fused-ring (bicyclic) bond motifs is 1. The van der Waals surface area contributed by atoms with Gasteiger partial charge in [0.2, 0.25) is 11.8 Å². The number of aromatic nitrogens is 1. The van der Waals surface area contributed by atoms with Crippen molar-refractivity contribution in [3.05, 3.63) is 101 Å². The van der Waals surface area contributed by atoms with Crippen molar-refractivity contribution in [2.45, 2.75) is 25.3 Å². The molecule has 0 bridgehead atoms. The predicted octanol–water partition coefficient (Wildman–Crippen LogP) is 4.42. The van der Waals surface area contributed by atoms with Crippen LogP contribution < -0.4 is 15.5 Å². The Hall–Kier alpha value is -3.81. The molecule has 1 aromatic heterocycles. The van der Waals surface area contributed by atoms with E-state index in [1.165, 1.54) is 5.69 Å². The average molecular weight is 558 g/mol. The summed E-state index contributed by atoms with van der Waals surface area (Å²) in [6.07, 6.45) is 3.51. The molecule has 2 heterocycles. The molecular formula is C32H36ClN5O2. The van der Waals surface area contributed by atoms with Crippen LogP contribution in [0.1, 0.15) is 17.5 Å². The van der Waals surface area contributed by atoms with Crippen LogP contribution in [0.15, 0.2) is 85.1 Å². The molecule has 40 heavy (non-hydrogen) atoms. The lowest BCUT2D eigenvalue weighted by molar-refractivity contribution is -0.124. The van der Waals surface area contributed by atoms with E-state index in [1.54, 1.807) is 0 Å². The smallest absolute Gasteiger partial charge is 0.234 e. The van der Waals surface area contributed by atoms with Crippen molar-refractivity contribution in [1.82, 2.24) is 20.5 Å². The van der Waals surface area contributed by atoms with Gasteiger partial charge in [-0.15, -0.1) is 0 Å². The lowest BCUT2D eigenvalue weighted by Gasteiger charge is -2.36. The molecule has 1 aliphatic heterocycles. The quantitative estimate of drug-likeness (QED) is 0.255. The summed E-state index contributed by atoms with van der Waals surface area (Å²) in [5.74, 6) is -0.0848. The highest BCUT2D eigenvalue weighted by atomic mass is 35.5. The van der Waals surface area contributed by atoms with Gasteiger partial charge < -0.3 is 20.5 Å². The molecule has 0 saturated carbocycles. The molecule has 1 atom stereocenters. The van der Waals surface area contributed by atoms with E-state index in [9.17, 15) is 9.59 Å². The summed E-state index contributed by atoms with van der Waals surface area (Å²) in [4.78, 5) is 33.7. The van der Waals surface area contributed by atoms with Gasteiger partial charge in [-0.25, -0.2) is 0 Å². The van der Waals surface area contributed by atoms with Crippen LogP contribution in [-0.2, 0) is 22.4 Å². The minimum atomic E-state index is -0.235. The fourth-order valence-electron chi connectivity index (χ4n) is 5.29. The van der Waals surface area contributed by atoms with Crippen molar-refractivity contribution < 1.29 is 9.59 Å². The van der Waals surface area contributed by atoms with E-state index >= 15 is 0 Å². The Bertz CT molecular complexity index is 1420. The van der Waals surface area contributed by atoms with Gasteiger partial charge in [-0.1, -0.05) is 66.2 Å². The number of halogens is 1. The first-order valence-corrected chi connectivity index (χ1v) is 14.3. The zero-order valence-corrected chi connectivity index (χ0v) is 23.4. The van der Waals surface area contributed by atoms with E-state index < -0.39 is 0 Å². The van der Waals surface area contributed by atoms with E-state index in [4.69, 9.17) is 11.6 Å². The molecule has 3 aromatic carbocycles. The number of nitrogens with zero attached hydrogens (tertiary/aromatic N) is 2. The molecule has 8 heteroatoms. The SMILES string of the molecule is O=C(CCc1ccccc1Cl)NCC(Cc1c[nH]c2ccccc12)NC(=O)CN1CCN(c2ccccc2)CC1. The molecule has 0 aliphatic carbocycles. The number of carbonyl (C=O) groups is 2. The molecule has 7 nitrogen and oxygen atoms in total. The number of piperazine rings is 1. The van der Waals surface area contributed by atoms with E-state index in [1.807, 2.05) is 54.7 Å². The number of aromatic amines is 1. The number of hydrogen-bond donors (Lipinski definition) is 3. The summed E-state index contributed by atoms with van der Waals surface area (Å²) in [6, 6.07) is 25.9. The summed E-state index contributed by atoms with van der Waals surface area (Å²) in [6.45, 7) is 4.12. The van der Waals surface area contributed by atoms with Gasteiger partial charge in [0.25, 0.3) is 0 Å². The topological polar surface area (TPSA) is 80.5 Å². The Kier molecular flexibility index (Phi) is 9.37. The Morgan fingerprint density at radius 3 is 2.38 bits per heavy atom. The van der Waals surface area contributed by atoms with E-state index in [2.05, 4.69) is 55.7 Å². The molecule has 1 aliphatic rings. The van der Waals surface area contributed by atoms with Crippen LogP contribution in [0.25, 0.3) is 10.9 Å². The second kappa shape index (κ2) is 13.5. The number of benzene rings is 3. The monoisotopic (exact) mass is 557 g/mol. The summed E-state index contributed by atoms with van der Waals surface area (Å²) in [7, 11) is 0. The van der Waals surface area contributed by atoms with Gasteiger partial charge in [-0.2, -0.15) is 0 Å². The second-order valence-corrected chi connectivity index (χ2v) is 10.7. The van der Waals surface area contributed by atoms with Gasteiger partial charge in [-0.05, 0) is 48.2 Å². The number of amides is 2. The molecule has 5 rings (SSSR count). The van der Waals surface area contributed by atoms with Crippen LogP contribution in [0.2, 0.25) is 5.02 Å². The van der Waals surface area contributed by atoms with Gasteiger partial charge in [0.1, 0.15) is 0 Å². The molecule has 1 unspecified atom stereocenters. The maximum atomic E-state index is 13.2. The first-order valence-electron chi connectivity index (χ1n) is 13.9. The normalized spacial score (nSPS) is 14.7. The lowest BCUT2D eigenvalue weighted by atomic mass is 10.0. The third-order valence-electron chi connectivity index (χ3n) is 7.49. The van der Waals surface area contributed by atoms with E-state index in [-0.39, 0.29) is 17.9 Å². The maximum absolute atomic E-state index is 13.2. The third-order valence-corrected chi connectivity index (χ3v) is 7.86. The summed E-state index contributed by atoms with van der Waals surface area (Å²) < 4.78 is 0. The standard InChI is InChI=1S/C32H36ClN5O2/c33-29-12-6-4-8-24(29)14-15-31(39)35-22-26(20-25-21-34-30-13-7-5-11-28(25)30)36-32(40)23-37-16-18-38(19-17-37)27-9-2-1-3-10-27/h1-13,21,26,34H,14-20,22-23H2,(H,35,39)(H,36,40). The third kappa shape index (κ3) is 7.43. The number of aryl methyl sites for hydroxylation is 1. The average Bonchev–Trinajstić information content (AvgIpc) is 3.39. The number of rotatable bonds is 11. The molecule has 3 N–H and O–H groups in total. The molecule has 2 amide bonds. The van der Waals surface area contributed by atoms with Crippen LogP contribution in [-0.4, -0.2) is 67.0 Å². The molecule has 0 spiro atoms. The zero-order chi connectivity index (χ0) is 27.7. The predicted molar refractivity (Wildman–Crippen MR) is 162 cm³/mol. The summed E-state index contributed by atoms with van der Waals surface area (Å²) in [5, 5.41) is 8.04. The van der Waals surface area contributed by atoms with Crippen LogP contribution in [0, 0.1) is 0 Å². The Balaban J connectivity index is 1.17. The van der Waals surface area contributed by atoms with Crippen molar-refractivity contribution in [2.75, 3.05) is 44.2 Å². The highest BCUT2D eigenvalue weighted by Gasteiger charge is 2.22.